The van der Waals surface area contributed by atoms with Crippen molar-refractivity contribution >= 4 is 27.5 Å². The number of benzene rings is 2. The molecule has 3 saturated heterocycles. The van der Waals surface area contributed by atoms with Crippen LogP contribution in [0.2, 0.25) is 5.02 Å². The van der Waals surface area contributed by atoms with Gasteiger partial charge in [-0.1, -0.05) is 48.4 Å². The maximum absolute atomic E-state index is 13.8. The third kappa shape index (κ3) is 6.88. The largest absolute Gasteiger partial charge is 0.343 e. The number of halogens is 1. The van der Waals surface area contributed by atoms with Gasteiger partial charge in [-0.3, -0.25) is 9.69 Å². The van der Waals surface area contributed by atoms with Gasteiger partial charge in [0.25, 0.3) is 0 Å². The average molecular weight is 615 g/mol. The smallest absolute Gasteiger partial charge is 0.243 e. The Bertz CT molecular complexity index is 1340. The summed E-state index contributed by atoms with van der Waals surface area (Å²) >= 11 is 6.26. The Morgan fingerprint density at radius 3 is 2.31 bits per heavy atom. The molecule has 0 aliphatic carbocycles. The van der Waals surface area contributed by atoms with Crippen LogP contribution in [0.15, 0.2) is 47.4 Å². The second-order valence-corrected chi connectivity index (χ2v) is 15.0. The van der Waals surface area contributed by atoms with E-state index in [1.165, 1.54) is 5.56 Å². The quantitative estimate of drug-likeness (QED) is 0.412. The molecule has 5 rings (SSSR count). The summed E-state index contributed by atoms with van der Waals surface area (Å²) in [5.74, 6) is 0.156. The summed E-state index contributed by atoms with van der Waals surface area (Å²) < 4.78 is 29.3. The van der Waals surface area contributed by atoms with Gasteiger partial charge in [0.05, 0.1) is 4.90 Å². The molecule has 9 heteroatoms. The number of nitrogens with zero attached hydrogens (tertiary/aromatic N) is 4. The van der Waals surface area contributed by atoms with Crippen molar-refractivity contribution in [2.75, 3.05) is 52.9 Å². The molecule has 3 fully saturated rings. The Kier molecular flexibility index (Phi) is 10.00. The van der Waals surface area contributed by atoms with Gasteiger partial charge in [0.15, 0.2) is 0 Å². The van der Waals surface area contributed by atoms with Gasteiger partial charge in [0.1, 0.15) is 0 Å². The summed E-state index contributed by atoms with van der Waals surface area (Å²) in [6.45, 7) is 9.94. The molecule has 0 bridgehead atoms. The minimum Gasteiger partial charge on any atom is -0.343 e. The Hall–Kier alpha value is -1.97. The van der Waals surface area contributed by atoms with E-state index in [9.17, 15) is 13.2 Å². The van der Waals surface area contributed by atoms with Crippen LogP contribution in [0.1, 0.15) is 61.6 Å². The molecule has 42 heavy (non-hydrogen) atoms. The molecule has 3 heterocycles. The number of hydrogen-bond donors (Lipinski definition) is 0. The number of hydrogen-bond acceptors (Lipinski definition) is 5. The zero-order chi connectivity index (χ0) is 29.9. The van der Waals surface area contributed by atoms with E-state index in [4.69, 9.17) is 11.6 Å². The molecule has 2 aromatic carbocycles. The summed E-state index contributed by atoms with van der Waals surface area (Å²) in [6, 6.07) is 14.0. The van der Waals surface area contributed by atoms with Gasteiger partial charge in [-0.25, -0.2) is 8.42 Å². The first-order valence-corrected chi connectivity index (χ1v) is 17.4. The molecule has 0 saturated carbocycles. The SMILES string of the molecule is Cc1cc(S(=O)(=O)N2CCCCC2CCC(=O)N2CCC(Cc3ccccc3)(N3CCN(C)CC3)CC2)c(C)cc1Cl. The van der Waals surface area contributed by atoms with Crippen molar-refractivity contribution in [3.05, 3.63) is 64.2 Å². The summed E-state index contributed by atoms with van der Waals surface area (Å²) in [4.78, 5) is 21.0. The second-order valence-electron chi connectivity index (χ2n) is 12.7. The number of piperazine rings is 1. The highest BCUT2D eigenvalue weighted by atomic mass is 35.5. The van der Waals surface area contributed by atoms with Crippen LogP contribution < -0.4 is 0 Å². The molecular weight excluding hydrogens is 568 g/mol. The highest BCUT2D eigenvalue weighted by Gasteiger charge is 2.42. The maximum Gasteiger partial charge on any atom is 0.243 e. The standard InChI is InChI=1S/C33H47ClN4O3S/c1-26-24-31(27(2)23-30(26)34)42(40,41)38-16-8-7-11-29(38)12-13-32(39)36-17-14-33(15-18-36,25-28-9-5-4-6-10-28)37-21-19-35(3)20-22-37/h4-6,9-10,23-24,29H,7-8,11-22,25H2,1-3H3. The molecule has 0 N–H and O–H groups in total. The fraction of sp³-hybridized carbons (Fsp3) is 0.606. The Balaban J connectivity index is 1.23. The number of carbonyl (C=O) groups is 1. The predicted octanol–water partition coefficient (Wildman–Crippen LogP) is 5.13. The summed E-state index contributed by atoms with van der Waals surface area (Å²) in [5, 5.41) is 0.578. The van der Waals surface area contributed by atoms with Crippen LogP contribution in [0, 0.1) is 13.8 Å². The lowest BCUT2D eigenvalue weighted by Gasteiger charge is -2.51. The lowest BCUT2D eigenvalue weighted by molar-refractivity contribution is -0.134. The van der Waals surface area contributed by atoms with Gasteiger partial charge < -0.3 is 9.80 Å². The Labute approximate surface area is 257 Å². The van der Waals surface area contributed by atoms with Gasteiger partial charge in [-0.05, 0) is 88.2 Å². The van der Waals surface area contributed by atoms with Crippen LogP contribution in [0.5, 0.6) is 0 Å². The minimum atomic E-state index is -3.67. The van der Waals surface area contributed by atoms with E-state index >= 15 is 0 Å². The lowest BCUT2D eigenvalue weighted by atomic mass is 9.79. The van der Waals surface area contributed by atoms with Gasteiger partial charge in [0.2, 0.25) is 15.9 Å². The van der Waals surface area contributed by atoms with Crippen LogP contribution in [-0.2, 0) is 21.2 Å². The molecular formula is C33H47ClN4O3S. The van der Waals surface area contributed by atoms with Crippen molar-refractivity contribution in [3.63, 3.8) is 0 Å². The highest BCUT2D eigenvalue weighted by Crippen LogP contribution is 2.35. The van der Waals surface area contributed by atoms with E-state index in [1.807, 2.05) is 11.8 Å². The predicted molar refractivity (Wildman–Crippen MR) is 169 cm³/mol. The van der Waals surface area contributed by atoms with Gasteiger partial charge >= 0.3 is 0 Å². The molecule has 3 aliphatic heterocycles. The Morgan fingerprint density at radius 1 is 0.929 bits per heavy atom. The fourth-order valence-corrected chi connectivity index (χ4v) is 9.45. The molecule has 1 unspecified atom stereocenters. The lowest BCUT2D eigenvalue weighted by Crippen LogP contribution is -2.61. The number of likely N-dealkylation sites (N-methyl/N-ethyl adjacent to an activating group) is 1. The van der Waals surface area contributed by atoms with E-state index in [0.717, 1.165) is 83.4 Å². The molecule has 1 atom stereocenters. The summed E-state index contributed by atoms with van der Waals surface area (Å²) in [5.41, 5.74) is 2.86. The molecule has 7 nitrogen and oxygen atoms in total. The van der Waals surface area contributed by atoms with Gasteiger partial charge in [-0.2, -0.15) is 4.31 Å². The van der Waals surface area contributed by atoms with Crippen LogP contribution in [-0.4, -0.2) is 97.8 Å². The molecule has 0 spiro atoms. The molecule has 2 aromatic rings. The molecule has 230 valence electrons. The normalized spacial score (nSPS) is 22.8. The van der Waals surface area contributed by atoms with Crippen molar-refractivity contribution in [2.45, 2.75) is 81.7 Å². The van der Waals surface area contributed by atoms with Crippen LogP contribution in [0.25, 0.3) is 0 Å². The highest BCUT2D eigenvalue weighted by molar-refractivity contribution is 7.89. The zero-order valence-corrected chi connectivity index (χ0v) is 27.1. The van der Waals surface area contributed by atoms with Crippen molar-refractivity contribution in [1.29, 1.82) is 0 Å². The number of carbonyl (C=O) groups excluding carboxylic acids is 1. The fourth-order valence-electron chi connectivity index (χ4n) is 7.22. The molecule has 3 aliphatic rings. The number of amides is 1. The number of likely N-dealkylation sites (tertiary alicyclic amines) is 1. The van der Waals surface area contributed by atoms with Crippen LogP contribution in [0.4, 0.5) is 0 Å². The van der Waals surface area contributed by atoms with E-state index < -0.39 is 10.0 Å². The first kappa shape index (κ1) is 31.5. The van der Waals surface area contributed by atoms with Crippen LogP contribution in [0.3, 0.4) is 0 Å². The van der Waals surface area contributed by atoms with Crippen molar-refractivity contribution in [1.82, 2.24) is 19.0 Å². The third-order valence-corrected chi connectivity index (χ3v) is 12.4. The zero-order valence-electron chi connectivity index (χ0n) is 25.5. The van der Waals surface area contributed by atoms with E-state index in [1.54, 1.807) is 23.4 Å². The van der Waals surface area contributed by atoms with Crippen LogP contribution >= 0.6 is 11.6 Å². The first-order valence-electron chi connectivity index (χ1n) is 15.6. The molecule has 0 aromatic heterocycles. The van der Waals surface area contributed by atoms with Crippen molar-refractivity contribution in [2.24, 2.45) is 0 Å². The number of rotatable bonds is 8. The maximum atomic E-state index is 13.8. The average Bonchev–Trinajstić information content (AvgIpc) is 2.99. The van der Waals surface area contributed by atoms with Gasteiger partial charge in [0, 0.05) is 68.8 Å². The number of aryl methyl sites for hydroxylation is 2. The monoisotopic (exact) mass is 614 g/mol. The molecule has 0 radical (unpaired) electrons. The number of piperidine rings is 2. The van der Waals surface area contributed by atoms with E-state index in [-0.39, 0.29) is 17.5 Å². The molecule has 1 amide bonds. The topological polar surface area (TPSA) is 64.2 Å². The van der Waals surface area contributed by atoms with Crippen molar-refractivity contribution in [3.8, 4) is 0 Å². The van der Waals surface area contributed by atoms with E-state index in [2.05, 4.69) is 47.2 Å². The van der Waals surface area contributed by atoms with Crippen molar-refractivity contribution < 1.29 is 13.2 Å². The summed E-state index contributed by atoms with van der Waals surface area (Å²) in [6.07, 6.45) is 6.52. The van der Waals surface area contributed by atoms with Gasteiger partial charge in [-0.15, -0.1) is 0 Å². The summed E-state index contributed by atoms with van der Waals surface area (Å²) in [7, 11) is -1.48. The van der Waals surface area contributed by atoms with E-state index in [0.29, 0.717) is 34.9 Å². The Morgan fingerprint density at radius 2 is 1.62 bits per heavy atom. The number of sulfonamides is 1. The second kappa shape index (κ2) is 13.3. The first-order chi connectivity index (χ1) is 20.1. The minimum absolute atomic E-state index is 0.0716. The third-order valence-electron chi connectivity index (χ3n) is 9.90.